The van der Waals surface area contributed by atoms with Gasteiger partial charge in [0.1, 0.15) is 0 Å². The molecule has 2 heterocycles. The Morgan fingerprint density at radius 2 is 1.75 bits per heavy atom. The highest BCUT2D eigenvalue weighted by Crippen LogP contribution is 2.27. The van der Waals surface area contributed by atoms with E-state index in [2.05, 4.69) is 15.3 Å². The summed E-state index contributed by atoms with van der Waals surface area (Å²) in [5.41, 5.74) is 0.924. The van der Waals surface area contributed by atoms with Crippen LogP contribution in [0.5, 0.6) is 0 Å². The Kier molecular flexibility index (Phi) is 5.78. The average molecular weight is 460 g/mol. The molecule has 168 valence electrons. The number of nitro benzene ring substituents is 1. The van der Waals surface area contributed by atoms with Crippen molar-refractivity contribution >= 4 is 38.3 Å². The largest absolute Gasteiger partial charge is 0.325 e. The number of carbonyl (C=O) groups is 1. The topological polar surface area (TPSA) is 162 Å². The van der Waals surface area contributed by atoms with E-state index in [9.17, 15) is 28.1 Å². The summed E-state index contributed by atoms with van der Waals surface area (Å²) in [5.74, 6) is -0.280. The smallest absolute Gasteiger partial charge is 0.323 e. The number of nitro groups is 1. The normalized spacial score (nSPS) is 15.6. The fraction of sp³-hybridized carbons (Fsp3) is 0.263. The van der Waals surface area contributed by atoms with Gasteiger partial charge in [0.25, 0.3) is 5.69 Å². The predicted octanol–water partition coefficient (Wildman–Crippen LogP) is 0.709. The van der Waals surface area contributed by atoms with E-state index in [1.807, 2.05) is 0 Å². The monoisotopic (exact) mass is 460 g/mol. The number of carbonyl (C=O) groups excluding carboxylic acids is 1. The zero-order chi connectivity index (χ0) is 22.9. The number of para-hydroxylation sites is 1. The van der Waals surface area contributed by atoms with Crippen molar-refractivity contribution in [1.82, 2.24) is 19.2 Å². The number of aromatic amines is 2. The molecule has 1 saturated heterocycles. The molecule has 1 aliphatic heterocycles. The van der Waals surface area contributed by atoms with E-state index in [0.29, 0.717) is 29.8 Å². The van der Waals surface area contributed by atoms with Gasteiger partial charge in [-0.25, -0.2) is 13.2 Å². The molecule has 0 aliphatic carbocycles. The molecule has 4 rings (SSSR count). The molecule has 2 aromatic carbocycles. The standard InChI is InChI=1S/C19H20N6O6S/c26-18(20-13-5-6-14-15(11-13)22-19(27)21-14)12-23-7-9-24(10-8-23)32(30,31)17-4-2-1-3-16(17)25(28)29/h1-6,11H,7-10,12H2,(H,20,26)(H2,21,22,27). The molecule has 1 aromatic heterocycles. The number of imidazole rings is 1. The number of aromatic nitrogens is 2. The van der Waals surface area contributed by atoms with Crippen LogP contribution in [0.4, 0.5) is 11.4 Å². The molecule has 0 unspecified atom stereocenters. The van der Waals surface area contributed by atoms with Crippen molar-refractivity contribution in [2.75, 3.05) is 38.0 Å². The Bertz CT molecular complexity index is 1340. The molecule has 12 nitrogen and oxygen atoms in total. The summed E-state index contributed by atoms with van der Waals surface area (Å²) in [6.07, 6.45) is 0. The van der Waals surface area contributed by atoms with Crippen LogP contribution in [0.25, 0.3) is 11.0 Å². The molecule has 1 aliphatic rings. The summed E-state index contributed by atoms with van der Waals surface area (Å²) in [6, 6.07) is 10.2. The van der Waals surface area contributed by atoms with Gasteiger partial charge in [-0.2, -0.15) is 4.31 Å². The van der Waals surface area contributed by atoms with Crippen LogP contribution in [-0.2, 0) is 14.8 Å². The second-order valence-corrected chi connectivity index (χ2v) is 9.20. The number of fused-ring (bicyclic) bond motifs is 1. The number of piperazine rings is 1. The molecule has 0 spiro atoms. The van der Waals surface area contributed by atoms with Crippen molar-refractivity contribution in [3.63, 3.8) is 0 Å². The van der Waals surface area contributed by atoms with E-state index in [4.69, 9.17) is 0 Å². The first kappa shape index (κ1) is 21.7. The maximum absolute atomic E-state index is 12.9. The SMILES string of the molecule is O=C(CN1CCN(S(=O)(=O)c2ccccc2[N+](=O)[O-])CC1)Nc1ccc2[nH]c(=O)[nH]c2c1. The van der Waals surface area contributed by atoms with Crippen molar-refractivity contribution in [3.8, 4) is 0 Å². The number of amides is 1. The predicted molar refractivity (Wildman–Crippen MR) is 116 cm³/mol. The third-order valence-corrected chi connectivity index (χ3v) is 7.12. The van der Waals surface area contributed by atoms with Gasteiger partial charge < -0.3 is 15.3 Å². The number of benzene rings is 2. The number of anilines is 1. The van der Waals surface area contributed by atoms with Gasteiger partial charge in [0.15, 0.2) is 4.90 Å². The molecule has 0 radical (unpaired) electrons. The van der Waals surface area contributed by atoms with Crippen molar-refractivity contribution in [2.45, 2.75) is 4.90 Å². The molecular weight excluding hydrogens is 440 g/mol. The lowest BCUT2D eigenvalue weighted by Crippen LogP contribution is -2.50. The molecule has 0 atom stereocenters. The van der Waals surface area contributed by atoms with Gasteiger partial charge in [-0.3, -0.25) is 19.8 Å². The molecule has 0 bridgehead atoms. The maximum Gasteiger partial charge on any atom is 0.323 e. The third-order valence-electron chi connectivity index (χ3n) is 5.18. The highest BCUT2D eigenvalue weighted by molar-refractivity contribution is 7.89. The summed E-state index contributed by atoms with van der Waals surface area (Å²) in [4.78, 5) is 40.9. The molecule has 3 N–H and O–H groups in total. The van der Waals surface area contributed by atoms with E-state index in [0.717, 1.165) is 6.07 Å². The number of hydrogen-bond donors (Lipinski definition) is 3. The first-order valence-corrected chi connectivity index (χ1v) is 11.2. The van der Waals surface area contributed by atoms with Gasteiger partial charge in [-0.15, -0.1) is 0 Å². The van der Waals surface area contributed by atoms with Crippen molar-refractivity contribution in [1.29, 1.82) is 0 Å². The van der Waals surface area contributed by atoms with Crippen molar-refractivity contribution < 1.29 is 18.1 Å². The summed E-state index contributed by atoms with van der Waals surface area (Å²) < 4.78 is 27.0. The molecule has 0 saturated carbocycles. The van der Waals surface area contributed by atoms with Crippen LogP contribution in [0, 0.1) is 10.1 Å². The van der Waals surface area contributed by atoms with Gasteiger partial charge in [-0.1, -0.05) is 12.1 Å². The number of H-pyrrole nitrogens is 2. The van der Waals surface area contributed by atoms with Crippen LogP contribution < -0.4 is 11.0 Å². The third kappa shape index (κ3) is 4.39. The number of hydrogen-bond acceptors (Lipinski definition) is 7. The lowest BCUT2D eigenvalue weighted by atomic mass is 10.2. The lowest BCUT2D eigenvalue weighted by Gasteiger charge is -2.33. The van der Waals surface area contributed by atoms with Crippen LogP contribution in [-0.4, -0.2) is 71.1 Å². The fourth-order valence-corrected chi connectivity index (χ4v) is 5.19. The van der Waals surface area contributed by atoms with E-state index >= 15 is 0 Å². The van der Waals surface area contributed by atoms with Gasteiger partial charge in [-0.05, 0) is 24.3 Å². The van der Waals surface area contributed by atoms with Crippen molar-refractivity contribution in [2.24, 2.45) is 0 Å². The first-order chi connectivity index (χ1) is 15.2. The second kappa shape index (κ2) is 8.53. The van der Waals surface area contributed by atoms with Crippen LogP contribution in [0.15, 0.2) is 52.2 Å². The molecule has 13 heteroatoms. The highest BCUT2D eigenvalue weighted by Gasteiger charge is 2.33. The van der Waals surface area contributed by atoms with Crippen molar-refractivity contribution in [3.05, 3.63) is 63.1 Å². The summed E-state index contributed by atoms with van der Waals surface area (Å²) in [7, 11) is -4.02. The average Bonchev–Trinajstić information content (AvgIpc) is 3.13. The van der Waals surface area contributed by atoms with Crippen LogP contribution in [0.3, 0.4) is 0 Å². The zero-order valence-corrected chi connectivity index (χ0v) is 17.6. The molecule has 1 fully saturated rings. The Hall–Kier alpha value is -3.55. The summed E-state index contributed by atoms with van der Waals surface area (Å²) in [6.45, 7) is 0.881. The second-order valence-electron chi connectivity index (χ2n) is 7.29. The highest BCUT2D eigenvalue weighted by atomic mass is 32.2. The van der Waals surface area contributed by atoms with Crippen LogP contribution in [0.1, 0.15) is 0 Å². The lowest BCUT2D eigenvalue weighted by molar-refractivity contribution is -0.387. The quantitative estimate of drug-likeness (QED) is 0.360. The van der Waals surface area contributed by atoms with E-state index in [1.54, 1.807) is 23.1 Å². The van der Waals surface area contributed by atoms with Crippen LogP contribution >= 0.6 is 0 Å². The molecule has 32 heavy (non-hydrogen) atoms. The minimum atomic E-state index is -4.02. The Morgan fingerprint density at radius 1 is 1.06 bits per heavy atom. The maximum atomic E-state index is 12.9. The van der Waals surface area contributed by atoms with E-state index < -0.39 is 20.6 Å². The van der Waals surface area contributed by atoms with Crippen LogP contribution in [0.2, 0.25) is 0 Å². The number of rotatable bonds is 6. The Morgan fingerprint density at radius 3 is 2.47 bits per heavy atom. The number of nitrogens with one attached hydrogen (secondary N) is 3. The summed E-state index contributed by atoms with van der Waals surface area (Å²) >= 11 is 0. The minimum Gasteiger partial charge on any atom is -0.325 e. The van der Waals surface area contributed by atoms with Gasteiger partial charge in [0.2, 0.25) is 15.9 Å². The van der Waals surface area contributed by atoms with E-state index in [-0.39, 0.29) is 36.1 Å². The van der Waals surface area contributed by atoms with Gasteiger partial charge in [0.05, 0.1) is 22.5 Å². The van der Waals surface area contributed by atoms with Gasteiger partial charge in [0, 0.05) is 37.9 Å². The fourth-order valence-electron chi connectivity index (χ4n) is 3.61. The van der Waals surface area contributed by atoms with E-state index in [1.165, 1.54) is 22.5 Å². The molecule has 3 aromatic rings. The Balaban J connectivity index is 1.36. The minimum absolute atomic E-state index is 0.0566. The first-order valence-electron chi connectivity index (χ1n) is 9.72. The zero-order valence-electron chi connectivity index (χ0n) is 16.8. The summed E-state index contributed by atoms with van der Waals surface area (Å²) in [5, 5.41) is 14.0. The van der Waals surface area contributed by atoms with Gasteiger partial charge >= 0.3 is 5.69 Å². The Labute approximate surface area is 182 Å². The number of sulfonamides is 1. The molecule has 1 amide bonds. The molecular formula is C19H20N6O6S. The number of nitrogens with zero attached hydrogens (tertiary/aromatic N) is 3.